The first-order valence-electron chi connectivity index (χ1n) is 10.9. The van der Waals surface area contributed by atoms with Crippen LogP contribution in [-0.2, 0) is 14.9 Å². The molecule has 0 aromatic heterocycles. The van der Waals surface area contributed by atoms with Crippen molar-refractivity contribution in [1.29, 1.82) is 0 Å². The minimum absolute atomic E-state index is 0.0275. The smallest absolute Gasteiger partial charge is 0.119 e. The van der Waals surface area contributed by atoms with Crippen LogP contribution in [0.25, 0.3) is 0 Å². The van der Waals surface area contributed by atoms with E-state index < -0.39 is 6.10 Å². The highest BCUT2D eigenvalue weighted by atomic mass is 16.5. The molecule has 31 heavy (non-hydrogen) atoms. The predicted octanol–water partition coefficient (Wildman–Crippen LogP) is 3.57. The Labute approximate surface area is 185 Å². The van der Waals surface area contributed by atoms with Crippen molar-refractivity contribution in [3.05, 3.63) is 59.7 Å². The lowest BCUT2D eigenvalue weighted by Crippen LogP contribution is -2.19. The molecule has 0 saturated carbocycles. The summed E-state index contributed by atoms with van der Waals surface area (Å²) in [5, 5.41) is 18.3. The van der Waals surface area contributed by atoms with Crippen LogP contribution in [0.5, 0.6) is 11.5 Å². The lowest BCUT2D eigenvalue weighted by molar-refractivity contribution is 0.0247. The van der Waals surface area contributed by atoms with Gasteiger partial charge in [-0.2, -0.15) is 0 Å². The van der Waals surface area contributed by atoms with E-state index >= 15 is 0 Å². The lowest BCUT2D eigenvalue weighted by Gasteiger charge is -2.26. The van der Waals surface area contributed by atoms with Crippen molar-refractivity contribution in [2.24, 2.45) is 0 Å². The van der Waals surface area contributed by atoms with Crippen molar-refractivity contribution in [1.82, 2.24) is 0 Å². The summed E-state index contributed by atoms with van der Waals surface area (Å²) in [5.74, 6) is 1.57. The van der Waals surface area contributed by atoms with Gasteiger partial charge in [0.1, 0.15) is 24.7 Å². The van der Waals surface area contributed by atoms with Crippen molar-refractivity contribution in [3.63, 3.8) is 0 Å². The zero-order valence-corrected chi connectivity index (χ0v) is 18.9. The van der Waals surface area contributed by atoms with Crippen LogP contribution in [0.1, 0.15) is 38.3 Å². The van der Waals surface area contributed by atoms with Crippen LogP contribution in [0.15, 0.2) is 48.5 Å². The number of hydrogen-bond donors (Lipinski definition) is 2. The molecule has 0 amide bonds. The third kappa shape index (κ3) is 8.50. The molecule has 2 aromatic carbocycles. The van der Waals surface area contributed by atoms with Crippen LogP contribution in [0.4, 0.5) is 0 Å². The summed E-state index contributed by atoms with van der Waals surface area (Å²) in [4.78, 5) is 0. The van der Waals surface area contributed by atoms with Crippen molar-refractivity contribution >= 4 is 0 Å². The van der Waals surface area contributed by atoms with Gasteiger partial charge in [0.05, 0.1) is 39.1 Å². The van der Waals surface area contributed by atoms with E-state index in [1.807, 2.05) is 31.2 Å². The Morgan fingerprint density at radius 1 is 0.742 bits per heavy atom. The molecule has 6 nitrogen and oxygen atoms in total. The van der Waals surface area contributed by atoms with Gasteiger partial charge in [-0.1, -0.05) is 45.0 Å². The Bertz CT molecular complexity index is 727. The Balaban J connectivity index is 1.82. The molecule has 2 aromatic rings. The van der Waals surface area contributed by atoms with Gasteiger partial charge < -0.3 is 29.2 Å². The largest absolute Gasteiger partial charge is 0.491 e. The maximum Gasteiger partial charge on any atom is 0.119 e. The molecule has 0 saturated heterocycles. The maximum absolute atomic E-state index is 9.64. The average molecular weight is 433 g/mol. The normalized spacial score (nSPS) is 12.5. The highest BCUT2D eigenvalue weighted by Gasteiger charge is 2.23. The van der Waals surface area contributed by atoms with Gasteiger partial charge in [0.15, 0.2) is 0 Å². The van der Waals surface area contributed by atoms with E-state index in [0.29, 0.717) is 46.1 Å². The van der Waals surface area contributed by atoms with Gasteiger partial charge in [-0.3, -0.25) is 0 Å². The van der Waals surface area contributed by atoms with Crippen LogP contribution < -0.4 is 9.47 Å². The SMILES string of the molecule is CCC(O)COc1ccc(C(C)(C)c2ccc(OCCOCCOCCO)cc2)cc1. The number of aliphatic hydroxyl groups is 2. The summed E-state index contributed by atoms with van der Waals surface area (Å²) in [6.45, 7) is 8.89. The fourth-order valence-corrected chi connectivity index (χ4v) is 3.02. The standard InChI is InChI=1S/C25H36O6/c1-4-22(27)19-31-24-11-7-21(8-12-24)25(2,3)20-5-9-23(10-6-20)30-18-17-29-16-15-28-14-13-26/h5-12,22,26-27H,4,13-19H2,1-3H3. The van der Waals surface area contributed by atoms with E-state index in [0.717, 1.165) is 11.5 Å². The van der Waals surface area contributed by atoms with Gasteiger partial charge in [-0.05, 0) is 41.8 Å². The number of ether oxygens (including phenoxy) is 4. The van der Waals surface area contributed by atoms with Gasteiger partial charge in [0.25, 0.3) is 0 Å². The third-order valence-electron chi connectivity index (χ3n) is 5.17. The minimum Gasteiger partial charge on any atom is -0.491 e. The summed E-state index contributed by atoms with van der Waals surface area (Å²) >= 11 is 0. The van der Waals surface area contributed by atoms with Gasteiger partial charge in [0.2, 0.25) is 0 Å². The molecular formula is C25H36O6. The topological polar surface area (TPSA) is 77.4 Å². The Morgan fingerprint density at radius 2 is 1.23 bits per heavy atom. The fraction of sp³-hybridized carbons (Fsp3) is 0.520. The average Bonchev–Trinajstić information content (AvgIpc) is 2.79. The van der Waals surface area contributed by atoms with E-state index in [4.69, 9.17) is 24.1 Å². The first-order valence-corrected chi connectivity index (χ1v) is 10.9. The van der Waals surface area contributed by atoms with Crippen LogP contribution in [0.2, 0.25) is 0 Å². The van der Waals surface area contributed by atoms with Crippen molar-refractivity contribution in [3.8, 4) is 11.5 Å². The molecular weight excluding hydrogens is 396 g/mol. The summed E-state index contributed by atoms with van der Waals surface area (Å²) in [7, 11) is 0. The number of hydrogen-bond acceptors (Lipinski definition) is 6. The van der Waals surface area contributed by atoms with Crippen LogP contribution in [-0.4, -0.2) is 62.6 Å². The highest BCUT2D eigenvalue weighted by molar-refractivity contribution is 5.41. The third-order valence-corrected chi connectivity index (χ3v) is 5.17. The molecule has 0 spiro atoms. The zero-order chi connectivity index (χ0) is 22.5. The van der Waals surface area contributed by atoms with Crippen LogP contribution >= 0.6 is 0 Å². The summed E-state index contributed by atoms with van der Waals surface area (Å²) in [6, 6.07) is 16.2. The molecule has 2 rings (SSSR count). The minimum atomic E-state index is -0.436. The molecule has 0 bridgehead atoms. The van der Waals surface area contributed by atoms with E-state index in [-0.39, 0.29) is 12.0 Å². The highest BCUT2D eigenvalue weighted by Crippen LogP contribution is 2.33. The predicted molar refractivity (Wildman–Crippen MR) is 121 cm³/mol. The lowest BCUT2D eigenvalue weighted by atomic mass is 9.78. The molecule has 172 valence electrons. The molecule has 0 fully saturated rings. The molecule has 1 unspecified atom stereocenters. The molecule has 0 aliphatic rings. The van der Waals surface area contributed by atoms with E-state index in [1.54, 1.807) is 0 Å². The van der Waals surface area contributed by atoms with E-state index in [2.05, 4.69) is 38.1 Å². The van der Waals surface area contributed by atoms with Crippen molar-refractivity contribution in [2.45, 2.75) is 38.7 Å². The Kier molecular flexibility index (Phi) is 10.8. The van der Waals surface area contributed by atoms with Gasteiger partial charge in [0, 0.05) is 5.41 Å². The quantitative estimate of drug-likeness (QED) is 0.419. The maximum atomic E-state index is 9.64. The number of rotatable bonds is 15. The van der Waals surface area contributed by atoms with Gasteiger partial charge >= 0.3 is 0 Å². The molecule has 6 heteroatoms. The first kappa shape index (κ1) is 25.1. The fourth-order valence-electron chi connectivity index (χ4n) is 3.02. The zero-order valence-electron chi connectivity index (χ0n) is 18.9. The second-order valence-electron chi connectivity index (χ2n) is 7.84. The Morgan fingerprint density at radius 3 is 1.74 bits per heavy atom. The number of benzene rings is 2. The second-order valence-corrected chi connectivity index (χ2v) is 7.84. The Hall–Kier alpha value is -2.12. The molecule has 0 heterocycles. The molecule has 0 radical (unpaired) electrons. The van der Waals surface area contributed by atoms with E-state index in [9.17, 15) is 5.11 Å². The molecule has 0 aliphatic carbocycles. The summed E-state index contributed by atoms with van der Waals surface area (Å²) < 4.78 is 21.9. The van der Waals surface area contributed by atoms with Crippen LogP contribution in [0.3, 0.4) is 0 Å². The van der Waals surface area contributed by atoms with Crippen molar-refractivity contribution < 1.29 is 29.2 Å². The van der Waals surface area contributed by atoms with Crippen molar-refractivity contribution in [2.75, 3.05) is 46.2 Å². The van der Waals surface area contributed by atoms with Crippen LogP contribution in [0, 0.1) is 0 Å². The second kappa shape index (κ2) is 13.3. The number of aliphatic hydroxyl groups excluding tert-OH is 2. The monoisotopic (exact) mass is 432 g/mol. The summed E-state index contributed by atoms with van der Waals surface area (Å²) in [5.41, 5.74) is 2.20. The molecule has 2 N–H and O–H groups in total. The summed E-state index contributed by atoms with van der Waals surface area (Å²) in [6.07, 6.45) is 0.243. The van der Waals surface area contributed by atoms with Gasteiger partial charge in [-0.15, -0.1) is 0 Å². The van der Waals surface area contributed by atoms with E-state index in [1.165, 1.54) is 11.1 Å². The van der Waals surface area contributed by atoms with Gasteiger partial charge in [-0.25, -0.2) is 0 Å². The molecule has 0 aliphatic heterocycles. The first-order chi connectivity index (χ1) is 15.0. The molecule has 1 atom stereocenters.